The number of anilines is 1. The number of halogens is 1. The number of nitrogens with two attached hydrogens (primary N) is 1. The van der Waals surface area contributed by atoms with Crippen LogP contribution in [0, 0.1) is 22.7 Å². The summed E-state index contributed by atoms with van der Waals surface area (Å²) in [5.41, 5.74) is 7.09. The third kappa shape index (κ3) is 2.57. The number of nitriles is 2. The zero-order valence-corrected chi connectivity index (χ0v) is 10.4. The SMILES string of the molecule is N#C/C(=C\c1ccc(Cl)cc1)c1[nH]nc(N)c1C#N. The number of hydrogen-bond acceptors (Lipinski definition) is 4. The van der Waals surface area contributed by atoms with Crippen LogP contribution in [0.15, 0.2) is 24.3 Å². The number of hydrogen-bond donors (Lipinski definition) is 2. The molecule has 0 aliphatic rings. The smallest absolute Gasteiger partial charge is 0.163 e. The molecule has 2 rings (SSSR count). The van der Waals surface area contributed by atoms with Gasteiger partial charge in [-0.3, -0.25) is 5.10 Å². The molecule has 0 atom stereocenters. The molecule has 0 aliphatic heterocycles. The summed E-state index contributed by atoms with van der Waals surface area (Å²) in [4.78, 5) is 0. The lowest BCUT2D eigenvalue weighted by Gasteiger charge is -1.97. The van der Waals surface area contributed by atoms with Crippen LogP contribution in [0.5, 0.6) is 0 Å². The van der Waals surface area contributed by atoms with Gasteiger partial charge < -0.3 is 5.73 Å². The summed E-state index contributed by atoms with van der Waals surface area (Å²) in [6.45, 7) is 0. The monoisotopic (exact) mass is 269 g/mol. The molecular formula is C13H8ClN5. The number of nitrogens with one attached hydrogen (secondary N) is 1. The lowest BCUT2D eigenvalue weighted by molar-refractivity contribution is 1.08. The molecule has 1 heterocycles. The van der Waals surface area contributed by atoms with Gasteiger partial charge in [-0.15, -0.1) is 0 Å². The fourth-order valence-corrected chi connectivity index (χ4v) is 1.68. The molecule has 2 aromatic rings. The summed E-state index contributed by atoms with van der Waals surface area (Å²) in [5.74, 6) is 0.0785. The number of benzene rings is 1. The Morgan fingerprint density at radius 1 is 1.32 bits per heavy atom. The average molecular weight is 270 g/mol. The Bertz CT molecular complexity index is 713. The first-order valence-electron chi connectivity index (χ1n) is 5.27. The van der Waals surface area contributed by atoms with Gasteiger partial charge in [-0.2, -0.15) is 15.6 Å². The molecular weight excluding hydrogens is 262 g/mol. The Balaban J connectivity index is 2.49. The van der Waals surface area contributed by atoms with Crippen molar-refractivity contribution in [2.24, 2.45) is 0 Å². The summed E-state index contributed by atoms with van der Waals surface area (Å²) in [6, 6.07) is 10.9. The highest BCUT2D eigenvalue weighted by atomic mass is 35.5. The molecule has 92 valence electrons. The van der Waals surface area contributed by atoms with Crippen LogP contribution >= 0.6 is 11.6 Å². The van der Waals surface area contributed by atoms with E-state index in [1.54, 1.807) is 30.3 Å². The van der Waals surface area contributed by atoms with Crippen LogP contribution in [0.25, 0.3) is 11.6 Å². The van der Waals surface area contributed by atoms with Gasteiger partial charge in [0.2, 0.25) is 0 Å². The zero-order chi connectivity index (χ0) is 13.8. The molecule has 6 heteroatoms. The van der Waals surface area contributed by atoms with Gasteiger partial charge >= 0.3 is 0 Å². The van der Waals surface area contributed by atoms with E-state index < -0.39 is 0 Å². The quantitative estimate of drug-likeness (QED) is 0.818. The van der Waals surface area contributed by atoms with Crippen molar-refractivity contribution >= 4 is 29.1 Å². The minimum absolute atomic E-state index is 0.0785. The number of H-pyrrole nitrogens is 1. The molecule has 5 nitrogen and oxygen atoms in total. The second-order valence-electron chi connectivity index (χ2n) is 3.69. The standard InChI is InChI=1S/C13H8ClN5/c14-10-3-1-8(2-4-10)5-9(6-15)12-11(7-16)13(17)19-18-12/h1-5H,(H3,17,18,19)/b9-5+. The summed E-state index contributed by atoms with van der Waals surface area (Å²) in [5, 5.41) is 25.1. The topological polar surface area (TPSA) is 102 Å². The number of nitrogens with zero attached hydrogens (tertiary/aromatic N) is 3. The van der Waals surface area contributed by atoms with Gasteiger partial charge in [0.05, 0.1) is 11.3 Å². The van der Waals surface area contributed by atoms with Crippen LogP contribution in [-0.2, 0) is 0 Å². The Morgan fingerprint density at radius 2 is 2.00 bits per heavy atom. The van der Waals surface area contributed by atoms with E-state index in [9.17, 15) is 5.26 Å². The van der Waals surface area contributed by atoms with Gasteiger partial charge in [0.25, 0.3) is 0 Å². The maximum atomic E-state index is 9.18. The number of aromatic amines is 1. The van der Waals surface area contributed by atoms with Crippen LogP contribution in [0.1, 0.15) is 16.8 Å². The van der Waals surface area contributed by atoms with Crippen LogP contribution in [0.4, 0.5) is 5.82 Å². The predicted octanol–water partition coefficient (Wildman–Crippen LogP) is 2.58. The lowest BCUT2D eigenvalue weighted by Crippen LogP contribution is -1.89. The van der Waals surface area contributed by atoms with Crippen LogP contribution in [-0.4, -0.2) is 10.2 Å². The van der Waals surface area contributed by atoms with E-state index in [1.165, 1.54) is 0 Å². The number of rotatable bonds is 2. The summed E-state index contributed by atoms with van der Waals surface area (Å²) in [7, 11) is 0. The first-order chi connectivity index (χ1) is 9.15. The minimum Gasteiger partial charge on any atom is -0.381 e. The molecule has 1 aromatic carbocycles. The minimum atomic E-state index is 0.0785. The summed E-state index contributed by atoms with van der Waals surface area (Å²) in [6.07, 6.45) is 1.63. The van der Waals surface area contributed by atoms with Gasteiger partial charge in [0.1, 0.15) is 17.7 Å². The van der Waals surface area contributed by atoms with Gasteiger partial charge in [0, 0.05) is 5.02 Å². The number of aromatic nitrogens is 2. The third-order valence-corrected chi connectivity index (χ3v) is 2.73. The second-order valence-corrected chi connectivity index (χ2v) is 4.13. The van der Waals surface area contributed by atoms with Crippen LogP contribution < -0.4 is 5.73 Å². The van der Waals surface area contributed by atoms with Crippen molar-refractivity contribution < 1.29 is 0 Å². The second kappa shape index (κ2) is 5.26. The first kappa shape index (κ1) is 12.7. The van der Waals surface area contributed by atoms with Crippen molar-refractivity contribution in [1.82, 2.24) is 10.2 Å². The van der Waals surface area contributed by atoms with E-state index in [4.69, 9.17) is 22.6 Å². The van der Waals surface area contributed by atoms with Crippen molar-refractivity contribution in [2.45, 2.75) is 0 Å². The molecule has 3 N–H and O–H groups in total. The number of allylic oxidation sites excluding steroid dienone is 1. The fraction of sp³-hybridized carbons (Fsp3) is 0. The molecule has 0 fully saturated rings. The van der Waals surface area contributed by atoms with Crippen molar-refractivity contribution in [2.75, 3.05) is 5.73 Å². The highest BCUT2D eigenvalue weighted by molar-refractivity contribution is 6.30. The highest BCUT2D eigenvalue weighted by Gasteiger charge is 2.14. The van der Waals surface area contributed by atoms with Crippen molar-refractivity contribution in [3.63, 3.8) is 0 Å². The van der Waals surface area contributed by atoms with E-state index >= 15 is 0 Å². The van der Waals surface area contributed by atoms with Crippen LogP contribution in [0.2, 0.25) is 5.02 Å². The van der Waals surface area contributed by atoms with E-state index in [2.05, 4.69) is 10.2 Å². The first-order valence-corrected chi connectivity index (χ1v) is 5.65. The molecule has 0 aliphatic carbocycles. The zero-order valence-electron chi connectivity index (χ0n) is 9.68. The van der Waals surface area contributed by atoms with Crippen LogP contribution in [0.3, 0.4) is 0 Å². The van der Waals surface area contributed by atoms with E-state index in [0.717, 1.165) is 5.56 Å². The largest absolute Gasteiger partial charge is 0.381 e. The molecule has 0 spiro atoms. The van der Waals surface area contributed by atoms with E-state index in [0.29, 0.717) is 10.7 Å². The molecule has 0 radical (unpaired) electrons. The van der Waals surface area contributed by atoms with E-state index in [1.807, 2.05) is 12.1 Å². The summed E-state index contributed by atoms with van der Waals surface area (Å²) >= 11 is 5.79. The maximum absolute atomic E-state index is 9.18. The van der Waals surface area contributed by atoms with Gasteiger partial charge in [0.15, 0.2) is 5.82 Å². The molecule has 1 aromatic heterocycles. The van der Waals surface area contributed by atoms with Gasteiger partial charge in [-0.1, -0.05) is 23.7 Å². The Kier molecular flexibility index (Phi) is 3.51. The molecule has 0 bridgehead atoms. The Hall–Kier alpha value is -2.76. The lowest BCUT2D eigenvalue weighted by atomic mass is 10.1. The Labute approximate surface area is 114 Å². The average Bonchev–Trinajstić information content (AvgIpc) is 2.79. The normalized spacial score (nSPS) is 10.8. The van der Waals surface area contributed by atoms with Crippen molar-refractivity contribution in [1.29, 1.82) is 10.5 Å². The van der Waals surface area contributed by atoms with Gasteiger partial charge in [-0.25, -0.2) is 0 Å². The number of nitrogen functional groups attached to an aromatic ring is 1. The fourth-order valence-electron chi connectivity index (χ4n) is 1.55. The highest BCUT2D eigenvalue weighted by Crippen LogP contribution is 2.22. The molecule has 0 saturated carbocycles. The third-order valence-electron chi connectivity index (χ3n) is 2.48. The molecule has 0 amide bonds. The summed E-state index contributed by atoms with van der Waals surface area (Å²) < 4.78 is 0. The maximum Gasteiger partial charge on any atom is 0.163 e. The molecule has 19 heavy (non-hydrogen) atoms. The van der Waals surface area contributed by atoms with E-state index in [-0.39, 0.29) is 17.0 Å². The Morgan fingerprint density at radius 3 is 2.58 bits per heavy atom. The molecule has 0 unspecified atom stereocenters. The van der Waals surface area contributed by atoms with Crippen molar-refractivity contribution in [3.8, 4) is 12.1 Å². The predicted molar refractivity (Wildman–Crippen MR) is 72.7 cm³/mol. The van der Waals surface area contributed by atoms with Crippen molar-refractivity contribution in [3.05, 3.63) is 46.1 Å². The molecule has 0 saturated heterocycles. The van der Waals surface area contributed by atoms with Gasteiger partial charge in [-0.05, 0) is 23.8 Å².